The maximum absolute atomic E-state index is 13.2. The maximum atomic E-state index is 13.2. The van der Waals surface area contributed by atoms with Gasteiger partial charge in [0.2, 0.25) is 10.0 Å². The number of rotatable bonds is 6. The van der Waals surface area contributed by atoms with Crippen LogP contribution in [-0.4, -0.2) is 98.4 Å². The van der Waals surface area contributed by atoms with Crippen molar-refractivity contribution in [2.45, 2.75) is 4.90 Å². The standard InChI is InChI=1S/C24H30N6O3S/c31-18-17-27-9-11-28(12-10-27)23-7-8-24(26-25-23)29-13-15-30(16-14-29)34(32,33)22-6-5-20-3-1-2-4-21(20)19-22/h1-8,19,31H,9-18H2. The molecule has 2 fully saturated rings. The molecule has 180 valence electrons. The van der Waals surface area contributed by atoms with E-state index in [9.17, 15) is 8.42 Å². The van der Waals surface area contributed by atoms with Crippen molar-refractivity contribution < 1.29 is 13.5 Å². The van der Waals surface area contributed by atoms with Gasteiger partial charge in [-0.15, -0.1) is 10.2 Å². The van der Waals surface area contributed by atoms with E-state index in [0.717, 1.165) is 48.6 Å². The van der Waals surface area contributed by atoms with E-state index in [1.54, 1.807) is 16.4 Å². The van der Waals surface area contributed by atoms with Gasteiger partial charge in [0.1, 0.15) is 0 Å². The normalized spacial score (nSPS) is 18.5. The number of aliphatic hydroxyl groups excluding tert-OH is 1. The maximum Gasteiger partial charge on any atom is 0.243 e. The number of β-amino-alcohol motifs (C(OH)–C–C–N with tert-alkyl or cyclic N) is 1. The molecule has 0 amide bonds. The molecule has 0 radical (unpaired) electrons. The number of fused-ring (bicyclic) bond motifs is 1. The summed E-state index contributed by atoms with van der Waals surface area (Å²) in [6, 6.07) is 17.0. The average molecular weight is 483 g/mol. The van der Waals surface area contributed by atoms with E-state index in [-0.39, 0.29) is 6.61 Å². The molecule has 1 aromatic heterocycles. The molecule has 3 heterocycles. The van der Waals surface area contributed by atoms with Crippen LogP contribution in [0, 0.1) is 0 Å². The molecule has 1 N–H and O–H groups in total. The molecule has 10 heteroatoms. The van der Waals surface area contributed by atoms with Gasteiger partial charge >= 0.3 is 0 Å². The van der Waals surface area contributed by atoms with Crippen LogP contribution < -0.4 is 9.80 Å². The second kappa shape index (κ2) is 9.83. The Morgan fingerprint density at radius 3 is 1.91 bits per heavy atom. The van der Waals surface area contributed by atoms with Gasteiger partial charge in [0.15, 0.2) is 11.6 Å². The second-order valence-corrected chi connectivity index (χ2v) is 10.6. The van der Waals surface area contributed by atoms with Gasteiger partial charge in [-0.05, 0) is 35.0 Å². The first-order chi connectivity index (χ1) is 16.5. The van der Waals surface area contributed by atoms with Crippen molar-refractivity contribution in [3.63, 3.8) is 0 Å². The third-order valence-electron chi connectivity index (χ3n) is 6.67. The average Bonchev–Trinajstić information content (AvgIpc) is 2.89. The topological polar surface area (TPSA) is 93.1 Å². The first-order valence-electron chi connectivity index (χ1n) is 11.7. The number of benzene rings is 2. The molecule has 2 aliphatic heterocycles. The molecule has 0 bridgehead atoms. The van der Waals surface area contributed by atoms with E-state index in [0.29, 0.717) is 37.6 Å². The van der Waals surface area contributed by atoms with E-state index >= 15 is 0 Å². The van der Waals surface area contributed by atoms with Gasteiger partial charge in [-0.1, -0.05) is 30.3 Å². The van der Waals surface area contributed by atoms with E-state index in [1.807, 2.05) is 42.5 Å². The van der Waals surface area contributed by atoms with Gasteiger partial charge in [-0.2, -0.15) is 4.31 Å². The van der Waals surface area contributed by atoms with Crippen LogP contribution in [0.5, 0.6) is 0 Å². The van der Waals surface area contributed by atoms with Gasteiger partial charge < -0.3 is 14.9 Å². The molecule has 0 atom stereocenters. The Morgan fingerprint density at radius 1 is 0.735 bits per heavy atom. The highest BCUT2D eigenvalue weighted by Crippen LogP contribution is 2.24. The summed E-state index contributed by atoms with van der Waals surface area (Å²) in [6.45, 7) is 6.37. The van der Waals surface area contributed by atoms with Crippen molar-refractivity contribution in [1.29, 1.82) is 0 Å². The van der Waals surface area contributed by atoms with Crippen molar-refractivity contribution in [2.24, 2.45) is 0 Å². The second-order valence-electron chi connectivity index (χ2n) is 8.70. The fourth-order valence-electron chi connectivity index (χ4n) is 4.63. The summed E-state index contributed by atoms with van der Waals surface area (Å²) in [5.74, 6) is 1.62. The van der Waals surface area contributed by atoms with Crippen molar-refractivity contribution in [3.05, 3.63) is 54.6 Å². The van der Waals surface area contributed by atoms with E-state index in [2.05, 4.69) is 24.9 Å². The van der Waals surface area contributed by atoms with Crippen LogP contribution in [0.2, 0.25) is 0 Å². The third-order valence-corrected chi connectivity index (χ3v) is 8.56. The number of nitrogens with zero attached hydrogens (tertiary/aromatic N) is 6. The van der Waals surface area contributed by atoms with Crippen LogP contribution in [0.25, 0.3) is 10.8 Å². The zero-order chi connectivity index (χ0) is 23.5. The summed E-state index contributed by atoms with van der Waals surface area (Å²) >= 11 is 0. The van der Waals surface area contributed by atoms with Crippen molar-refractivity contribution >= 4 is 32.4 Å². The van der Waals surface area contributed by atoms with Gasteiger partial charge in [0.05, 0.1) is 11.5 Å². The molecule has 0 spiro atoms. The lowest BCUT2D eigenvalue weighted by Gasteiger charge is -2.36. The number of hydrogen-bond donors (Lipinski definition) is 1. The molecule has 0 aliphatic carbocycles. The number of piperazine rings is 2. The minimum Gasteiger partial charge on any atom is -0.395 e. The lowest BCUT2D eigenvalue weighted by Crippen LogP contribution is -2.49. The van der Waals surface area contributed by atoms with Crippen LogP contribution in [0.1, 0.15) is 0 Å². The molecular weight excluding hydrogens is 452 g/mol. The molecule has 2 aliphatic rings. The Bertz CT molecular complexity index is 1220. The third kappa shape index (κ3) is 4.72. The number of anilines is 2. The fourth-order valence-corrected chi connectivity index (χ4v) is 6.09. The Kier molecular flexibility index (Phi) is 6.64. The highest BCUT2D eigenvalue weighted by molar-refractivity contribution is 7.89. The molecule has 0 unspecified atom stereocenters. The van der Waals surface area contributed by atoms with Crippen LogP contribution in [0.3, 0.4) is 0 Å². The molecule has 9 nitrogen and oxygen atoms in total. The highest BCUT2D eigenvalue weighted by Gasteiger charge is 2.29. The monoisotopic (exact) mass is 482 g/mol. The molecular formula is C24H30N6O3S. The summed E-state index contributed by atoms with van der Waals surface area (Å²) < 4.78 is 28.0. The molecule has 2 saturated heterocycles. The Hall–Kier alpha value is -2.79. The van der Waals surface area contributed by atoms with Crippen LogP contribution in [0.15, 0.2) is 59.5 Å². The van der Waals surface area contributed by atoms with Gasteiger partial charge in [-0.3, -0.25) is 4.90 Å². The van der Waals surface area contributed by atoms with Gasteiger partial charge in [-0.25, -0.2) is 8.42 Å². The molecule has 0 saturated carbocycles. The Labute approximate surface area is 200 Å². The Morgan fingerprint density at radius 2 is 1.32 bits per heavy atom. The highest BCUT2D eigenvalue weighted by atomic mass is 32.2. The zero-order valence-electron chi connectivity index (χ0n) is 19.1. The minimum atomic E-state index is -3.54. The van der Waals surface area contributed by atoms with E-state index in [1.165, 1.54) is 0 Å². The summed E-state index contributed by atoms with van der Waals surface area (Å²) in [4.78, 5) is 6.87. The summed E-state index contributed by atoms with van der Waals surface area (Å²) in [5.41, 5.74) is 0. The van der Waals surface area contributed by atoms with Crippen molar-refractivity contribution in [1.82, 2.24) is 19.4 Å². The number of sulfonamides is 1. The van der Waals surface area contributed by atoms with Gasteiger partial charge in [0.25, 0.3) is 0 Å². The first kappa shape index (κ1) is 23.0. The lowest BCUT2D eigenvalue weighted by molar-refractivity contribution is 0.188. The molecule has 3 aromatic rings. The van der Waals surface area contributed by atoms with Crippen LogP contribution in [0.4, 0.5) is 11.6 Å². The quantitative estimate of drug-likeness (QED) is 0.561. The predicted molar refractivity (Wildman–Crippen MR) is 133 cm³/mol. The van der Waals surface area contributed by atoms with E-state index in [4.69, 9.17) is 5.11 Å². The van der Waals surface area contributed by atoms with Crippen LogP contribution >= 0.6 is 0 Å². The summed E-state index contributed by atoms with van der Waals surface area (Å²) in [5, 5.41) is 19.9. The predicted octanol–water partition coefficient (Wildman–Crippen LogP) is 1.25. The number of hydrogen-bond acceptors (Lipinski definition) is 8. The number of aliphatic hydroxyl groups is 1. The minimum absolute atomic E-state index is 0.186. The fraction of sp³-hybridized carbons (Fsp3) is 0.417. The van der Waals surface area contributed by atoms with Gasteiger partial charge in [0, 0.05) is 58.9 Å². The summed E-state index contributed by atoms with van der Waals surface area (Å²) in [7, 11) is -3.54. The molecule has 34 heavy (non-hydrogen) atoms. The SMILES string of the molecule is O=S(=O)(c1ccc2ccccc2c1)N1CCN(c2ccc(N3CCN(CCO)CC3)nn2)CC1. The lowest BCUT2D eigenvalue weighted by atomic mass is 10.1. The largest absolute Gasteiger partial charge is 0.395 e. The molecule has 5 rings (SSSR count). The Balaban J connectivity index is 1.20. The van der Waals surface area contributed by atoms with E-state index < -0.39 is 10.0 Å². The summed E-state index contributed by atoms with van der Waals surface area (Å²) in [6.07, 6.45) is 0. The molecule has 2 aromatic carbocycles. The smallest absolute Gasteiger partial charge is 0.243 e. The van der Waals surface area contributed by atoms with Crippen molar-refractivity contribution in [3.8, 4) is 0 Å². The first-order valence-corrected chi connectivity index (χ1v) is 13.1. The zero-order valence-corrected chi connectivity index (χ0v) is 19.9. The van der Waals surface area contributed by atoms with Crippen molar-refractivity contribution in [2.75, 3.05) is 75.3 Å². The number of aromatic nitrogens is 2. The van der Waals surface area contributed by atoms with Crippen LogP contribution in [-0.2, 0) is 10.0 Å².